The second-order valence-corrected chi connectivity index (χ2v) is 10.9. The molecule has 0 bridgehead atoms. The minimum absolute atomic E-state index is 0.0705. The van der Waals surface area contributed by atoms with Crippen molar-refractivity contribution in [2.24, 2.45) is 0 Å². The molecule has 2 aliphatic rings. The van der Waals surface area contributed by atoms with Crippen molar-refractivity contribution in [2.75, 3.05) is 49.3 Å². The first-order chi connectivity index (χ1) is 15.9. The van der Waals surface area contributed by atoms with Gasteiger partial charge in [0.1, 0.15) is 5.75 Å². The molecule has 0 spiro atoms. The number of rotatable bonds is 7. The van der Waals surface area contributed by atoms with Crippen molar-refractivity contribution in [2.45, 2.75) is 38.0 Å². The molecule has 1 aliphatic heterocycles. The number of carbonyl (C=O) groups excluding carboxylic acids is 1. The molecule has 33 heavy (non-hydrogen) atoms. The molecule has 4 rings (SSSR count). The van der Waals surface area contributed by atoms with Gasteiger partial charge in [-0.3, -0.25) is 4.79 Å². The topological polar surface area (TPSA) is 79.0 Å². The molecule has 1 heterocycles. The fourth-order valence-electron chi connectivity index (χ4n) is 4.72. The molecule has 0 radical (unpaired) electrons. The quantitative estimate of drug-likeness (QED) is 0.664. The Labute approximate surface area is 196 Å². The van der Waals surface area contributed by atoms with Gasteiger partial charge in [0.2, 0.25) is 10.0 Å². The van der Waals surface area contributed by atoms with Crippen LogP contribution in [0.5, 0.6) is 5.75 Å². The van der Waals surface area contributed by atoms with Gasteiger partial charge in [0.05, 0.1) is 17.6 Å². The second kappa shape index (κ2) is 10.6. The zero-order chi connectivity index (χ0) is 23.3. The van der Waals surface area contributed by atoms with Gasteiger partial charge in [-0.1, -0.05) is 43.5 Å². The lowest BCUT2D eigenvalue weighted by Gasteiger charge is -2.35. The molecule has 1 amide bonds. The first kappa shape index (κ1) is 23.6. The van der Waals surface area contributed by atoms with Gasteiger partial charge >= 0.3 is 0 Å². The zero-order valence-corrected chi connectivity index (χ0v) is 20.0. The van der Waals surface area contributed by atoms with E-state index in [0.717, 1.165) is 5.69 Å². The van der Waals surface area contributed by atoms with Crippen molar-refractivity contribution in [3.05, 3.63) is 54.1 Å². The maximum absolute atomic E-state index is 12.6. The van der Waals surface area contributed by atoms with E-state index in [1.54, 1.807) is 0 Å². The molecule has 1 saturated heterocycles. The molecule has 0 atom stereocenters. The Morgan fingerprint density at radius 3 is 2.30 bits per heavy atom. The summed E-state index contributed by atoms with van der Waals surface area (Å²) in [4.78, 5) is 14.7. The van der Waals surface area contributed by atoms with Gasteiger partial charge in [-0.2, -0.15) is 4.31 Å². The molecule has 8 heteroatoms. The first-order valence-corrected chi connectivity index (χ1v) is 13.6. The van der Waals surface area contributed by atoms with Crippen LogP contribution in [0, 0.1) is 0 Å². The summed E-state index contributed by atoms with van der Waals surface area (Å²) in [7, 11) is -3.18. The molecule has 7 nitrogen and oxygen atoms in total. The minimum Gasteiger partial charge on any atom is -0.484 e. The molecule has 2 aromatic rings. The predicted octanol–water partition coefficient (Wildman–Crippen LogP) is 3.83. The molecule has 178 valence electrons. The molecule has 1 aliphatic carbocycles. The van der Waals surface area contributed by atoms with Gasteiger partial charge in [0, 0.05) is 26.2 Å². The van der Waals surface area contributed by atoms with E-state index in [1.807, 2.05) is 36.4 Å². The standard InChI is InChI=1S/C25H33N3O4S/c1-33(30,31)28-17-15-27(16-18-28)24-10-6-5-9-23(24)26-25(29)19-32-22-13-11-21(12-14-22)20-7-3-2-4-8-20/h5-6,9-14,20H,2-4,7-8,15-19H2,1H3,(H,26,29). The Morgan fingerprint density at radius 1 is 0.970 bits per heavy atom. The van der Waals surface area contributed by atoms with Crippen molar-refractivity contribution in [1.82, 2.24) is 4.31 Å². The zero-order valence-electron chi connectivity index (χ0n) is 19.2. The highest BCUT2D eigenvalue weighted by atomic mass is 32.2. The lowest BCUT2D eigenvalue weighted by Crippen LogP contribution is -2.48. The van der Waals surface area contributed by atoms with Crippen LogP contribution in [0.1, 0.15) is 43.6 Å². The normalized spacial score (nSPS) is 18.2. The Kier molecular flexibility index (Phi) is 7.55. The van der Waals surface area contributed by atoms with E-state index in [0.29, 0.717) is 43.5 Å². The third-order valence-electron chi connectivity index (χ3n) is 6.55. The highest BCUT2D eigenvalue weighted by Crippen LogP contribution is 2.33. The average Bonchev–Trinajstić information content (AvgIpc) is 2.83. The van der Waals surface area contributed by atoms with Gasteiger partial charge < -0.3 is 15.0 Å². The second-order valence-electron chi connectivity index (χ2n) is 8.91. The Hall–Kier alpha value is -2.58. The summed E-state index contributed by atoms with van der Waals surface area (Å²) in [6.07, 6.45) is 7.69. The van der Waals surface area contributed by atoms with Crippen molar-refractivity contribution in [3.8, 4) is 5.75 Å². The van der Waals surface area contributed by atoms with E-state index in [2.05, 4.69) is 22.3 Å². The van der Waals surface area contributed by atoms with Gasteiger partial charge in [0.25, 0.3) is 5.91 Å². The molecule has 1 N–H and O–H groups in total. The van der Waals surface area contributed by atoms with Crippen molar-refractivity contribution in [1.29, 1.82) is 0 Å². The molecular formula is C25H33N3O4S. The summed E-state index contributed by atoms with van der Waals surface area (Å²) in [5, 5.41) is 2.95. The number of anilines is 2. The summed E-state index contributed by atoms with van der Waals surface area (Å²) in [5.74, 6) is 1.11. The number of para-hydroxylation sites is 2. The number of nitrogens with one attached hydrogen (secondary N) is 1. The number of amides is 1. The number of nitrogens with zero attached hydrogens (tertiary/aromatic N) is 2. The molecule has 0 unspecified atom stereocenters. The van der Waals surface area contributed by atoms with Crippen LogP contribution in [0.2, 0.25) is 0 Å². The number of sulfonamides is 1. The van der Waals surface area contributed by atoms with Crippen LogP contribution in [0.15, 0.2) is 48.5 Å². The highest BCUT2D eigenvalue weighted by molar-refractivity contribution is 7.88. The average molecular weight is 472 g/mol. The number of piperazine rings is 1. The van der Waals surface area contributed by atoms with Crippen LogP contribution in [0.25, 0.3) is 0 Å². The van der Waals surface area contributed by atoms with Gasteiger partial charge in [-0.25, -0.2) is 8.42 Å². The van der Waals surface area contributed by atoms with Crippen molar-refractivity contribution < 1.29 is 17.9 Å². The third-order valence-corrected chi connectivity index (χ3v) is 7.86. The van der Waals surface area contributed by atoms with Crippen LogP contribution in [-0.2, 0) is 14.8 Å². The summed E-state index contributed by atoms with van der Waals surface area (Å²) in [5.41, 5.74) is 2.94. The smallest absolute Gasteiger partial charge is 0.262 e. The maximum atomic E-state index is 12.6. The molecular weight excluding hydrogens is 438 g/mol. The summed E-state index contributed by atoms with van der Waals surface area (Å²) >= 11 is 0. The van der Waals surface area contributed by atoms with Crippen LogP contribution in [0.4, 0.5) is 11.4 Å². The van der Waals surface area contributed by atoms with Gasteiger partial charge in [-0.15, -0.1) is 0 Å². The van der Waals surface area contributed by atoms with E-state index >= 15 is 0 Å². The van der Waals surface area contributed by atoms with Crippen LogP contribution < -0.4 is 15.0 Å². The SMILES string of the molecule is CS(=O)(=O)N1CCN(c2ccccc2NC(=O)COc2ccc(C3CCCCC3)cc2)CC1. The number of ether oxygens (including phenoxy) is 1. The van der Waals surface area contributed by atoms with E-state index in [4.69, 9.17) is 4.74 Å². The molecule has 1 saturated carbocycles. The van der Waals surface area contributed by atoms with Crippen LogP contribution >= 0.6 is 0 Å². The fraction of sp³-hybridized carbons (Fsp3) is 0.480. The monoisotopic (exact) mass is 471 g/mol. The number of benzene rings is 2. The maximum Gasteiger partial charge on any atom is 0.262 e. The Balaban J connectivity index is 1.31. The van der Waals surface area contributed by atoms with Crippen LogP contribution in [-0.4, -0.2) is 57.7 Å². The Morgan fingerprint density at radius 2 is 1.64 bits per heavy atom. The molecule has 2 fully saturated rings. The number of carbonyl (C=O) groups is 1. The summed E-state index contributed by atoms with van der Waals surface area (Å²) in [6, 6.07) is 15.7. The Bertz CT molecular complexity index is 1040. The fourth-order valence-corrected chi connectivity index (χ4v) is 5.55. The summed E-state index contributed by atoms with van der Waals surface area (Å²) < 4.78 is 30.7. The van der Waals surface area contributed by atoms with Crippen LogP contribution in [0.3, 0.4) is 0 Å². The van der Waals surface area contributed by atoms with E-state index in [1.165, 1.54) is 48.2 Å². The van der Waals surface area contributed by atoms with Crippen molar-refractivity contribution in [3.63, 3.8) is 0 Å². The lowest BCUT2D eigenvalue weighted by molar-refractivity contribution is -0.118. The van der Waals surface area contributed by atoms with E-state index in [9.17, 15) is 13.2 Å². The van der Waals surface area contributed by atoms with Gasteiger partial charge in [0.15, 0.2) is 6.61 Å². The van der Waals surface area contributed by atoms with E-state index in [-0.39, 0.29) is 12.5 Å². The van der Waals surface area contributed by atoms with E-state index < -0.39 is 10.0 Å². The first-order valence-electron chi connectivity index (χ1n) is 11.7. The number of hydrogen-bond donors (Lipinski definition) is 1. The lowest BCUT2D eigenvalue weighted by atomic mass is 9.84. The number of hydrogen-bond acceptors (Lipinski definition) is 5. The highest BCUT2D eigenvalue weighted by Gasteiger charge is 2.25. The largest absolute Gasteiger partial charge is 0.484 e. The third kappa shape index (κ3) is 6.26. The van der Waals surface area contributed by atoms with Crippen molar-refractivity contribution >= 4 is 27.3 Å². The molecule has 2 aromatic carbocycles. The minimum atomic E-state index is -3.18. The van der Waals surface area contributed by atoms with Gasteiger partial charge in [-0.05, 0) is 48.6 Å². The summed E-state index contributed by atoms with van der Waals surface area (Å²) in [6.45, 7) is 1.94. The predicted molar refractivity (Wildman–Crippen MR) is 131 cm³/mol. The molecule has 0 aromatic heterocycles.